The topological polar surface area (TPSA) is 64.6 Å². The van der Waals surface area contributed by atoms with Gasteiger partial charge in [-0.2, -0.15) is 0 Å². The second-order valence-electron chi connectivity index (χ2n) is 3.11. The molecule has 1 aromatic rings. The Bertz CT molecular complexity index is 433. The first-order valence-corrected chi connectivity index (χ1v) is 5.15. The maximum Gasteiger partial charge on any atom is 0.340 e. The van der Waals surface area contributed by atoms with Gasteiger partial charge in [0.1, 0.15) is 6.54 Å². The Labute approximate surface area is 104 Å². The average molecular weight is 258 g/mol. The zero-order chi connectivity index (χ0) is 12.8. The van der Waals surface area contributed by atoms with Crippen LogP contribution in [-0.4, -0.2) is 32.7 Å². The van der Waals surface area contributed by atoms with Gasteiger partial charge in [-0.3, -0.25) is 4.79 Å². The molecule has 0 radical (unpaired) electrons. The van der Waals surface area contributed by atoms with Crippen LogP contribution in [-0.2, 0) is 14.3 Å². The molecule has 92 valence electrons. The van der Waals surface area contributed by atoms with E-state index < -0.39 is 11.9 Å². The Morgan fingerprint density at radius 2 is 2.00 bits per heavy atom. The molecular weight excluding hydrogens is 246 g/mol. The van der Waals surface area contributed by atoms with Gasteiger partial charge in [0.05, 0.1) is 19.8 Å². The maximum absolute atomic E-state index is 11.5. The van der Waals surface area contributed by atoms with Crippen molar-refractivity contribution in [2.75, 3.05) is 26.1 Å². The summed E-state index contributed by atoms with van der Waals surface area (Å²) in [6.07, 6.45) is 0. The van der Waals surface area contributed by atoms with Crippen molar-refractivity contribution in [1.82, 2.24) is 0 Å². The van der Waals surface area contributed by atoms with Crippen LogP contribution in [0.2, 0.25) is 5.02 Å². The molecule has 0 spiro atoms. The molecule has 0 saturated heterocycles. The van der Waals surface area contributed by atoms with Crippen molar-refractivity contribution in [2.45, 2.75) is 0 Å². The van der Waals surface area contributed by atoms with Gasteiger partial charge < -0.3 is 14.8 Å². The molecule has 1 rings (SSSR count). The third kappa shape index (κ3) is 3.64. The third-order valence-corrected chi connectivity index (χ3v) is 2.27. The molecule has 5 nitrogen and oxygen atoms in total. The molecule has 6 heteroatoms. The highest BCUT2D eigenvalue weighted by atomic mass is 35.5. The Balaban J connectivity index is 2.90. The number of nitrogens with one attached hydrogen (secondary N) is 1. The first kappa shape index (κ1) is 13.3. The van der Waals surface area contributed by atoms with Gasteiger partial charge in [0.2, 0.25) is 0 Å². The number of hydrogen-bond acceptors (Lipinski definition) is 5. The van der Waals surface area contributed by atoms with Gasteiger partial charge in [-0.15, -0.1) is 0 Å². The van der Waals surface area contributed by atoms with Gasteiger partial charge in [-0.05, 0) is 18.2 Å². The fraction of sp³-hybridized carbons (Fsp3) is 0.273. The predicted molar refractivity (Wildman–Crippen MR) is 63.3 cm³/mol. The van der Waals surface area contributed by atoms with Crippen molar-refractivity contribution in [3.8, 4) is 0 Å². The SMILES string of the molecule is COC(=O)CNc1ccc(Cl)cc1C(=O)OC. The van der Waals surface area contributed by atoms with E-state index in [1.165, 1.54) is 20.3 Å². The number of esters is 2. The second kappa shape index (κ2) is 6.10. The van der Waals surface area contributed by atoms with Crippen LogP contribution in [0.3, 0.4) is 0 Å². The van der Waals surface area contributed by atoms with Gasteiger partial charge in [-0.1, -0.05) is 11.6 Å². The largest absolute Gasteiger partial charge is 0.468 e. The molecule has 1 N–H and O–H groups in total. The number of benzene rings is 1. The molecule has 0 amide bonds. The smallest absolute Gasteiger partial charge is 0.340 e. The summed E-state index contributed by atoms with van der Waals surface area (Å²) in [5, 5.41) is 3.18. The van der Waals surface area contributed by atoms with Crippen molar-refractivity contribution in [1.29, 1.82) is 0 Å². The van der Waals surface area contributed by atoms with Gasteiger partial charge in [0.15, 0.2) is 0 Å². The molecule has 0 aliphatic rings. The maximum atomic E-state index is 11.5. The molecule has 0 unspecified atom stereocenters. The summed E-state index contributed by atoms with van der Waals surface area (Å²) in [5.74, 6) is -0.962. The number of rotatable bonds is 4. The second-order valence-corrected chi connectivity index (χ2v) is 3.55. The van der Waals surface area contributed by atoms with Crippen molar-refractivity contribution in [3.63, 3.8) is 0 Å². The van der Waals surface area contributed by atoms with E-state index in [0.717, 1.165) is 0 Å². The van der Waals surface area contributed by atoms with E-state index >= 15 is 0 Å². The minimum atomic E-state index is -0.528. The zero-order valence-corrected chi connectivity index (χ0v) is 10.2. The Hall–Kier alpha value is -1.75. The molecule has 0 fully saturated rings. The van der Waals surface area contributed by atoms with Gasteiger partial charge in [-0.25, -0.2) is 4.79 Å². The highest BCUT2D eigenvalue weighted by Gasteiger charge is 2.13. The Morgan fingerprint density at radius 3 is 2.59 bits per heavy atom. The molecule has 0 aliphatic carbocycles. The van der Waals surface area contributed by atoms with Gasteiger partial charge in [0, 0.05) is 10.7 Å². The number of ether oxygens (including phenoxy) is 2. The lowest BCUT2D eigenvalue weighted by atomic mass is 10.2. The monoisotopic (exact) mass is 257 g/mol. The van der Waals surface area contributed by atoms with E-state index in [2.05, 4.69) is 14.8 Å². The molecule has 0 bridgehead atoms. The minimum absolute atomic E-state index is 0.0396. The number of halogens is 1. The van der Waals surface area contributed by atoms with Crippen LogP contribution in [0.5, 0.6) is 0 Å². The zero-order valence-electron chi connectivity index (χ0n) is 9.45. The van der Waals surface area contributed by atoms with E-state index in [1.54, 1.807) is 12.1 Å². The minimum Gasteiger partial charge on any atom is -0.468 e. The van der Waals surface area contributed by atoms with Crippen LogP contribution >= 0.6 is 11.6 Å². The van der Waals surface area contributed by atoms with Crippen LogP contribution in [0.1, 0.15) is 10.4 Å². The van der Waals surface area contributed by atoms with Crippen molar-refractivity contribution in [2.24, 2.45) is 0 Å². The van der Waals surface area contributed by atoms with Crippen LogP contribution in [0.4, 0.5) is 5.69 Å². The summed E-state index contributed by atoms with van der Waals surface area (Å²) < 4.78 is 9.09. The van der Waals surface area contributed by atoms with Crippen LogP contribution < -0.4 is 5.32 Å². The van der Waals surface area contributed by atoms with Crippen LogP contribution in [0.25, 0.3) is 0 Å². The molecule has 0 atom stereocenters. The van der Waals surface area contributed by atoms with Gasteiger partial charge in [0.25, 0.3) is 0 Å². The Morgan fingerprint density at radius 1 is 1.29 bits per heavy atom. The number of methoxy groups -OCH3 is 2. The van der Waals surface area contributed by atoms with E-state index in [-0.39, 0.29) is 12.1 Å². The molecule has 17 heavy (non-hydrogen) atoms. The fourth-order valence-corrected chi connectivity index (χ4v) is 1.36. The lowest BCUT2D eigenvalue weighted by Gasteiger charge is -2.10. The van der Waals surface area contributed by atoms with Crippen LogP contribution in [0.15, 0.2) is 18.2 Å². The normalized spacial score (nSPS) is 9.59. The third-order valence-electron chi connectivity index (χ3n) is 2.04. The summed E-state index contributed by atoms with van der Waals surface area (Å²) in [5.41, 5.74) is 0.732. The number of carbonyl (C=O) groups is 2. The molecular formula is C11H12ClNO4. The lowest BCUT2D eigenvalue weighted by molar-refractivity contribution is -0.138. The predicted octanol–water partition coefficient (Wildman–Crippen LogP) is 1.71. The van der Waals surface area contributed by atoms with Crippen molar-refractivity contribution >= 4 is 29.2 Å². The fourth-order valence-electron chi connectivity index (χ4n) is 1.19. The summed E-state index contributed by atoms with van der Waals surface area (Å²) >= 11 is 5.78. The van der Waals surface area contributed by atoms with E-state index in [9.17, 15) is 9.59 Å². The molecule has 0 heterocycles. The molecule has 1 aromatic carbocycles. The summed E-state index contributed by atoms with van der Waals surface area (Å²) in [4.78, 5) is 22.4. The summed E-state index contributed by atoms with van der Waals surface area (Å²) in [6.45, 7) is -0.0396. The van der Waals surface area contributed by atoms with E-state index in [1.807, 2.05) is 0 Å². The molecule has 0 saturated carbocycles. The number of hydrogen-bond donors (Lipinski definition) is 1. The van der Waals surface area contributed by atoms with Gasteiger partial charge >= 0.3 is 11.9 Å². The Kier molecular flexibility index (Phi) is 4.78. The molecule has 0 aliphatic heterocycles. The first-order valence-electron chi connectivity index (χ1n) is 4.77. The lowest BCUT2D eigenvalue weighted by Crippen LogP contribution is -2.17. The van der Waals surface area contributed by atoms with Crippen molar-refractivity contribution in [3.05, 3.63) is 28.8 Å². The highest BCUT2D eigenvalue weighted by molar-refractivity contribution is 6.31. The van der Waals surface area contributed by atoms with Crippen LogP contribution in [0, 0.1) is 0 Å². The standard InChI is InChI=1S/C11H12ClNO4/c1-16-10(14)6-13-9-4-3-7(12)5-8(9)11(15)17-2/h3-5,13H,6H2,1-2H3. The number of anilines is 1. The quantitative estimate of drug-likeness (QED) is 0.832. The van der Waals surface area contributed by atoms with Crippen molar-refractivity contribution < 1.29 is 19.1 Å². The number of carbonyl (C=O) groups excluding carboxylic acids is 2. The highest BCUT2D eigenvalue weighted by Crippen LogP contribution is 2.21. The summed E-state index contributed by atoms with van der Waals surface area (Å²) in [6, 6.07) is 4.66. The van der Waals surface area contributed by atoms with E-state index in [4.69, 9.17) is 11.6 Å². The van der Waals surface area contributed by atoms with E-state index in [0.29, 0.717) is 10.7 Å². The molecule has 0 aromatic heterocycles. The first-order chi connectivity index (χ1) is 8.08. The average Bonchev–Trinajstić information content (AvgIpc) is 2.35. The summed E-state index contributed by atoms with van der Waals surface area (Å²) in [7, 11) is 2.56.